The molecule has 134 valence electrons. The molecule has 1 unspecified atom stereocenters. The molecule has 1 aromatic carbocycles. The predicted molar refractivity (Wildman–Crippen MR) is 89.8 cm³/mol. The van der Waals surface area contributed by atoms with Gasteiger partial charge in [0.25, 0.3) is 0 Å². The van der Waals surface area contributed by atoms with Gasteiger partial charge in [-0.2, -0.15) is 4.98 Å². The molecule has 0 aliphatic carbocycles. The zero-order valence-electron chi connectivity index (χ0n) is 13.8. The van der Waals surface area contributed by atoms with Crippen molar-refractivity contribution < 1.29 is 22.5 Å². The van der Waals surface area contributed by atoms with Crippen LogP contribution < -0.4 is 10.1 Å². The summed E-state index contributed by atoms with van der Waals surface area (Å²) in [6, 6.07) is 6.98. The maximum atomic E-state index is 11.9. The highest BCUT2D eigenvalue weighted by molar-refractivity contribution is 7.91. The number of nitrogens with one attached hydrogen (secondary N) is 1. The first-order valence-corrected chi connectivity index (χ1v) is 9.74. The van der Waals surface area contributed by atoms with Crippen LogP contribution in [0.25, 0.3) is 11.4 Å². The number of aromatic nitrogens is 2. The number of benzene rings is 1. The minimum atomic E-state index is -3.01. The van der Waals surface area contributed by atoms with Crippen molar-refractivity contribution in [3.8, 4) is 17.1 Å². The Hall–Kier alpha value is -2.42. The summed E-state index contributed by atoms with van der Waals surface area (Å²) in [6.45, 7) is 0. The third kappa shape index (κ3) is 4.56. The van der Waals surface area contributed by atoms with Gasteiger partial charge in [0.15, 0.2) is 9.84 Å². The molecule has 1 atom stereocenters. The van der Waals surface area contributed by atoms with Crippen molar-refractivity contribution in [2.75, 3.05) is 18.6 Å². The lowest BCUT2D eigenvalue weighted by atomic mass is 10.2. The predicted octanol–water partition coefficient (Wildman–Crippen LogP) is 0.981. The van der Waals surface area contributed by atoms with E-state index in [1.807, 2.05) is 18.2 Å². The van der Waals surface area contributed by atoms with E-state index in [1.54, 1.807) is 13.2 Å². The molecule has 0 saturated carbocycles. The minimum Gasteiger partial charge on any atom is -0.497 e. The SMILES string of the molecule is COc1cccc(-c2noc(CCC(=O)NC3CCS(=O)(=O)C3)n2)c1. The van der Waals surface area contributed by atoms with Gasteiger partial charge in [0.05, 0.1) is 18.6 Å². The topological polar surface area (TPSA) is 111 Å². The van der Waals surface area contributed by atoms with Crippen molar-refractivity contribution >= 4 is 15.7 Å². The summed E-state index contributed by atoms with van der Waals surface area (Å²) in [6.07, 6.45) is 0.924. The Kier molecular flexibility index (Phi) is 5.03. The van der Waals surface area contributed by atoms with Crippen molar-refractivity contribution in [3.05, 3.63) is 30.2 Å². The van der Waals surface area contributed by atoms with E-state index in [0.29, 0.717) is 30.3 Å². The smallest absolute Gasteiger partial charge is 0.227 e. The van der Waals surface area contributed by atoms with E-state index in [1.165, 1.54) is 0 Å². The average molecular weight is 365 g/mol. The highest BCUT2D eigenvalue weighted by Gasteiger charge is 2.28. The minimum absolute atomic E-state index is 0.0132. The fourth-order valence-corrected chi connectivity index (χ4v) is 4.34. The Bertz CT molecular complexity index is 862. The number of carbonyl (C=O) groups excluding carboxylic acids is 1. The molecule has 1 saturated heterocycles. The molecule has 1 aromatic heterocycles. The summed E-state index contributed by atoms with van der Waals surface area (Å²) >= 11 is 0. The largest absolute Gasteiger partial charge is 0.497 e. The zero-order chi connectivity index (χ0) is 17.9. The van der Waals surface area contributed by atoms with Gasteiger partial charge in [0.2, 0.25) is 17.6 Å². The number of ether oxygens (including phenoxy) is 1. The van der Waals surface area contributed by atoms with Gasteiger partial charge in [-0.05, 0) is 18.6 Å². The molecule has 2 aromatic rings. The van der Waals surface area contributed by atoms with Crippen molar-refractivity contribution in [2.45, 2.75) is 25.3 Å². The van der Waals surface area contributed by atoms with Crippen LogP contribution in [0.2, 0.25) is 0 Å². The number of amides is 1. The van der Waals surface area contributed by atoms with E-state index in [2.05, 4.69) is 15.5 Å². The van der Waals surface area contributed by atoms with Crippen LogP contribution in [0, 0.1) is 0 Å². The lowest BCUT2D eigenvalue weighted by molar-refractivity contribution is -0.121. The fraction of sp³-hybridized carbons (Fsp3) is 0.438. The molecule has 0 spiro atoms. The molecule has 1 aliphatic heterocycles. The summed E-state index contributed by atoms with van der Waals surface area (Å²) in [5.74, 6) is 1.39. The van der Waals surface area contributed by atoms with E-state index in [-0.39, 0.29) is 29.9 Å². The summed E-state index contributed by atoms with van der Waals surface area (Å²) in [5, 5.41) is 6.64. The van der Waals surface area contributed by atoms with Gasteiger partial charge in [-0.3, -0.25) is 4.79 Å². The second-order valence-electron chi connectivity index (χ2n) is 5.91. The number of methoxy groups -OCH3 is 1. The number of hydrogen-bond donors (Lipinski definition) is 1. The van der Waals surface area contributed by atoms with Crippen LogP contribution >= 0.6 is 0 Å². The van der Waals surface area contributed by atoms with Gasteiger partial charge in [-0.15, -0.1) is 0 Å². The van der Waals surface area contributed by atoms with Crippen molar-refractivity contribution in [1.82, 2.24) is 15.5 Å². The molecule has 1 fully saturated rings. The highest BCUT2D eigenvalue weighted by Crippen LogP contribution is 2.21. The third-order valence-corrected chi connectivity index (χ3v) is 5.73. The number of hydrogen-bond acceptors (Lipinski definition) is 7. The second kappa shape index (κ2) is 7.22. The lowest BCUT2D eigenvalue weighted by Gasteiger charge is -2.09. The van der Waals surface area contributed by atoms with E-state index in [4.69, 9.17) is 9.26 Å². The van der Waals surface area contributed by atoms with Crippen molar-refractivity contribution in [3.63, 3.8) is 0 Å². The highest BCUT2D eigenvalue weighted by atomic mass is 32.2. The molecule has 9 heteroatoms. The number of rotatable bonds is 6. The van der Waals surface area contributed by atoms with Gasteiger partial charge in [0, 0.05) is 24.4 Å². The monoisotopic (exact) mass is 365 g/mol. The van der Waals surface area contributed by atoms with E-state index in [0.717, 1.165) is 5.56 Å². The van der Waals surface area contributed by atoms with Gasteiger partial charge < -0.3 is 14.6 Å². The summed E-state index contributed by atoms with van der Waals surface area (Å²) < 4.78 is 33.1. The Morgan fingerprint density at radius 2 is 2.28 bits per heavy atom. The Morgan fingerprint density at radius 1 is 1.44 bits per heavy atom. The molecular weight excluding hydrogens is 346 g/mol. The van der Waals surface area contributed by atoms with E-state index in [9.17, 15) is 13.2 Å². The average Bonchev–Trinajstić information content (AvgIpc) is 3.19. The number of aryl methyl sites for hydroxylation is 1. The van der Waals surface area contributed by atoms with Crippen molar-refractivity contribution in [1.29, 1.82) is 0 Å². The molecule has 2 heterocycles. The Morgan fingerprint density at radius 3 is 3.00 bits per heavy atom. The Labute approximate surface area is 145 Å². The summed E-state index contributed by atoms with van der Waals surface area (Å²) in [7, 11) is -1.43. The van der Waals surface area contributed by atoms with Crippen LogP contribution in [-0.4, -0.2) is 49.1 Å². The molecule has 1 aliphatic rings. The summed E-state index contributed by atoms with van der Waals surface area (Å²) in [4.78, 5) is 16.2. The normalized spacial score (nSPS) is 18.8. The summed E-state index contributed by atoms with van der Waals surface area (Å²) in [5.41, 5.74) is 0.759. The van der Waals surface area contributed by atoms with Crippen LogP contribution in [0.15, 0.2) is 28.8 Å². The van der Waals surface area contributed by atoms with E-state index < -0.39 is 9.84 Å². The second-order valence-corrected chi connectivity index (χ2v) is 8.14. The first-order chi connectivity index (χ1) is 11.9. The lowest BCUT2D eigenvalue weighted by Crippen LogP contribution is -2.35. The number of sulfone groups is 1. The van der Waals surface area contributed by atoms with Crippen LogP contribution in [0.1, 0.15) is 18.7 Å². The first-order valence-electron chi connectivity index (χ1n) is 7.92. The maximum Gasteiger partial charge on any atom is 0.227 e. The van der Waals surface area contributed by atoms with Gasteiger partial charge >= 0.3 is 0 Å². The van der Waals surface area contributed by atoms with Crippen LogP contribution in [0.5, 0.6) is 5.75 Å². The van der Waals surface area contributed by atoms with E-state index >= 15 is 0 Å². The first kappa shape index (κ1) is 17.4. The number of nitrogens with zero attached hydrogens (tertiary/aromatic N) is 2. The molecule has 0 radical (unpaired) electrons. The molecule has 0 bridgehead atoms. The van der Waals surface area contributed by atoms with Crippen LogP contribution in [0.3, 0.4) is 0 Å². The number of carbonyl (C=O) groups is 1. The zero-order valence-corrected chi connectivity index (χ0v) is 14.6. The van der Waals surface area contributed by atoms with Gasteiger partial charge in [-0.25, -0.2) is 8.42 Å². The fourth-order valence-electron chi connectivity index (χ4n) is 2.66. The molecule has 8 nitrogen and oxygen atoms in total. The van der Waals surface area contributed by atoms with Crippen LogP contribution in [-0.2, 0) is 21.1 Å². The van der Waals surface area contributed by atoms with Crippen molar-refractivity contribution in [2.24, 2.45) is 0 Å². The van der Waals surface area contributed by atoms with Gasteiger partial charge in [0.1, 0.15) is 5.75 Å². The molecular formula is C16H19N3O5S. The Balaban J connectivity index is 1.54. The van der Waals surface area contributed by atoms with Gasteiger partial charge in [-0.1, -0.05) is 17.3 Å². The molecule has 1 amide bonds. The molecule has 3 rings (SSSR count). The standard InChI is InChI=1S/C16H19N3O5S/c1-23-13-4-2-3-11(9-13)16-18-15(24-19-16)6-5-14(20)17-12-7-8-25(21,22)10-12/h2-4,9,12H,5-8,10H2,1H3,(H,17,20). The third-order valence-electron chi connectivity index (χ3n) is 3.96. The molecule has 1 N–H and O–H groups in total. The maximum absolute atomic E-state index is 11.9. The quantitative estimate of drug-likeness (QED) is 0.812. The molecule has 25 heavy (non-hydrogen) atoms. The van der Waals surface area contributed by atoms with Crippen LogP contribution in [0.4, 0.5) is 0 Å².